The molecule has 1 aromatic heterocycles. The van der Waals surface area contributed by atoms with Crippen LogP contribution in [0.15, 0.2) is 30.3 Å². The van der Waals surface area contributed by atoms with Crippen molar-refractivity contribution in [3.63, 3.8) is 0 Å². The molecule has 2 aromatic rings. The molecular formula is C22H26N2O2S. The lowest BCUT2D eigenvalue weighted by Crippen LogP contribution is -2.36. The first kappa shape index (κ1) is 18.2. The van der Waals surface area contributed by atoms with Gasteiger partial charge in [-0.15, -0.1) is 11.3 Å². The van der Waals surface area contributed by atoms with Crippen LogP contribution in [0.1, 0.15) is 69.7 Å². The van der Waals surface area contributed by atoms with Crippen LogP contribution in [-0.2, 0) is 12.8 Å². The van der Waals surface area contributed by atoms with Gasteiger partial charge in [-0.2, -0.15) is 0 Å². The Hall–Kier alpha value is -2.14. The molecule has 1 saturated heterocycles. The maximum absolute atomic E-state index is 13.4. The summed E-state index contributed by atoms with van der Waals surface area (Å²) in [5.74, 6) is -0.0304. The Morgan fingerprint density at radius 1 is 0.889 bits per heavy atom. The van der Waals surface area contributed by atoms with E-state index in [0.717, 1.165) is 62.2 Å². The Labute approximate surface area is 164 Å². The van der Waals surface area contributed by atoms with Gasteiger partial charge in [0.2, 0.25) is 0 Å². The minimum Gasteiger partial charge on any atom is -0.339 e. The Morgan fingerprint density at radius 2 is 1.59 bits per heavy atom. The van der Waals surface area contributed by atoms with Crippen molar-refractivity contribution in [3.8, 4) is 0 Å². The number of carbonyl (C=O) groups is 2. The van der Waals surface area contributed by atoms with Crippen LogP contribution in [0.5, 0.6) is 0 Å². The molecule has 1 aliphatic carbocycles. The summed E-state index contributed by atoms with van der Waals surface area (Å²) in [4.78, 5) is 29.4. The number of rotatable bonds is 3. The average Bonchev–Trinajstić information content (AvgIpc) is 2.89. The van der Waals surface area contributed by atoms with Crippen molar-refractivity contribution in [2.45, 2.75) is 51.4 Å². The molecule has 142 valence electrons. The highest BCUT2D eigenvalue weighted by atomic mass is 32.1. The van der Waals surface area contributed by atoms with Gasteiger partial charge < -0.3 is 10.2 Å². The number of piperidine rings is 1. The number of fused-ring (bicyclic) bond motifs is 1. The van der Waals surface area contributed by atoms with Crippen LogP contribution < -0.4 is 5.32 Å². The number of thiophene rings is 1. The predicted octanol–water partition coefficient (Wildman–Crippen LogP) is 4.90. The highest BCUT2D eigenvalue weighted by molar-refractivity contribution is 7.17. The molecule has 0 bridgehead atoms. The van der Waals surface area contributed by atoms with E-state index in [4.69, 9.17) is 0 Å². The van der Waals surface area contributed by atoms with E-state index < -0.39 is 0 Å². The number of hydrogen-bond donors (Lipinski definition) is 1. The molecule has 4 nitrogen and oxygen atoms in total. The lowest BCUT2D eigenvalue weighted by molar-refractivity contribution is 0.0724. The first-order chi connectivity index (χ1) is 13.2. The zero-order valence-electron chi connectivity index (χ0n) is 15.6. The van der Waals surface area contributed by atoms with E-state index in [9.17, 15) is 9.59 Å². The molecule has 0 spiro atoms. The molecule has 1 fully saturated rings. The molecule has 27 heavy (non-hydrogen) atoms. The summed E-state index contributed by atoms with van der Waals surface area (Å²) in [7, 11) is 0. The van der Waals surface area contributed by atoms with Crippen LogP contribution in [-0.4, -0.2) is 29.8 Å². The number of anilines is 1. The molecule has 0 radical (unpaired) electrons. The highest BCUT2D eigenvalue weighted by Gasteiger charge is 2.29. The van der Waals surface area contributed by atoms with Crippen molar-refractivity contribution in [2.75, 3.05) is 18.4 Å². The highest BCUT2D eigenvalue weighted by Crippen LogP contribution is 2.38. The fraction of sp³-hybridized carbons (Fsp3) is 0.455. The summed E-state index contributed by atoms with van der Waals surface area (Å²) in [5, 5.41) is 3.80. The molecule has 5 heteroatoms. The smallest absolute Gasteiger partial charge is 0.257 e. The first-order valence-electron chi connectivity index (χ1n) is 10.0. The van der Waals surface area contributed by atoms with Gasteiger partial charge >= 0.3 is 0 Å². The molecule has 1 N–H and O–H groups in total. The standard InChI is InChI=1S/C22H26N2O2S/c25-20(16-10-4-1-5-11-16)23-21-19(22(26)24-14-8-3-9-15-24)17-12-6-2-7-13-18(17)27-21/h1,4-5,10-11H,2-3,6-9,12-15H2,(H,23,25). The molecule has 0 saturated carbocycles. The summed E-state index contributed by atoms with van der Waals surface area (Å²) in [5.41, 5.74) is 2.58. The lowest BCUT2D eigenvalue weighted by Gasteiger charge is -2.27. The van der Waals surface area contributed by atoms with Crippen molar-refractivity contribution in [1.29, 1.82) is 0 Å². The van der Waals surface area contributed by atoms with E-state index >= 15 is 0 Å². The van der Waals surface area contributed by atoms with Gasteiger partial charge in [0.05, 0.1) is 5.56 Å². The van der Waals surface area contributed by atoms with E-state index in [1.165, 1.54) is 23.3 Å². The van der Waals surface area contributed by atoms with E-state index in [-0.39, 0.29) is 11.8 Å². The zero-order chi connectivity index (χ0) is 18.6. The molecular weight excluding hydrogens is 356 g/mol. The number of hydrogen-bond acceptors (Lipinski definition) is 3. The van der Waals surface area contributed by atoms with Crippen LogP contribution in [0, 0.1) is 0 Å². The molecule has 0 atom stereocenters. The Morgan fingerprint density at radius 3 is 2.37 bits per heavy atom. The minimum absolute atomic E-state index is 0.109. The minimum atomic E-state index is -0.139. The largest absolute Gasteiger partial charge is 0.339 e. The molecule has 0 unspecified atom stereocenters. The van der Waals surface area contributed by atoms with Gasteiger partial charge in [-0.3, -0.25) is 9.59 Å². The second-order valence-corrected chi connectivity index (χ2v) is 8.55. The van der Waals surface area contributed by atoms with E-state index in [1.807, 2.05) is 23.1 Å². The van der Waals surface area contributed by atoms with Gasteiger partial charge in [0.1, 0.15) is 5.00 Å². The van der Waals surface area contributed by atoms with Gasteiger partial charge in [-0.05, 0) is 62.6 Å². The second kappa shape index (κ2) is 8.26. The van der Waals surface area contributed by atoms with E-state index in [2.05, 4.69) is 5.32 Å². The van der Waals surface area contributed by atoms with Crippen LogP contribution >= 0.6 is 11.3 Å². The third-order valence-corrected chi connectivity index (χ3v) is 6.75. The van der Waals surface area contributed by atoms with Crippen molar-refractivity contribution in [2.24, 2.45) is 0 Å². The molecule has 1 aromatic carbocycles. The fourth-order valence-electron chi connectivity index (χ4n) is 4.08. The van der Waals surface area contributed by atoms with Gasteiger partial charge in [0.25, 0.3) is 11.8 Å². The van der Waals surface area contributed by atoms with Crippen molar-refractivity contribution >= 4 is 28.2 Å². The Balaban J connectivity index is 1.67. The van der Waals surface area contributed by atoms with Crippen molar-refractivity contribution in [1.82, 2.24) is 4.90 Å². The van der Waals surface area contributed by atoms with Crippen molar-refractivity contribution in [3.05, 3.63) is 51.9 Å². The number of aryl methyl sites for hydroxylation is 1. The normalized spacial score (nSPS) is 17.1. The quantitative estimate of drug-likeness (QED) is 0.768. The maximum Gasteiger partial charge on any atom is 0.257 e. The number of benzene rings is 1. The number of nitrogens with one attached hydrogen (secondary N) is 1. The SMILES string of the molecule is O=C(Nc1sc2c(c1C(=O)N1CCCCC1)CCCCC2)c1ccccc1. The zero-order valence-corrected chi connectivity index (χ0v) is 16.4. The Kier molecular flexibility index (Phi) is 5.58. The van der Waals surface area contributed by atoms with Gasteiger partial charge in [-0.25, -0.2) is 0 Å². The molecule has 1 aliphatic heterocycles. The number of nitrogens with zero attached hydrogens (tertiary/aromatic N) is 1. The van der Waals surface area contributed by atoms with Gasteiger partial charge in [0.15, 0.2) is 0 Å². The number of carbonyl (C=O) groups excluding carboxylic acids is 2. The van der Waals surface area contributed by atoms with Gasteiger partial charge in [0, 0.05) is 23.5 Å². The summed E-state index contributed by atoms with van der Waals surface area (Å²) in [6.07, 6.45) is 8.80. The first-order valence-corrected chi connectivity index (χ1v) is 10.9. The van der Waals surface area contributed by atoms with Gasteiger partial charge in [-0.1, -0.05) is 24.6 Å². The summed E-state index contributed by atoms with van der Waals surface area (Å²) in [6.45, 7) is 1.66. The number of likely N-dealkylation sites (tertiary alicyclic amines) is 1. The van der Waals surface area contributed by atoms with Crippen molar-refractivity contribution < 1.29 is 9.59 Å². The topological polar surface area (TPSA) is 49.4 Å². The van der Waals surface area contributed by atoms with Crippen LogP contribution in [0.3, 0.4) is 0 Å². The third-order valence-electron chi connectivity index (χ3n) is 5.54. The molecule has 2 amide bonds. The maximum atomic E-state index is 13.4. The van der Waals surface area contributed by atoms with Crippen LogP contribution in [0.2, 0.25) is 0 Å². The molecule has 2 heterocycles. The second-order valence-electron chi connectivity index (χ2n) is 7.44. The lowest BCUT2D eigenvalue weighted by atomic mass is 10.0. The average molecular weight is 383 g/mol. The van der Waals surface area contributed by atoms with Crippen LogP contribution in [0.25, 0.3) is 0 Å². The summed E-state index contributed by atoms with van der Waals surface area (Å²) >= 11 is 1.61. The molecule has 2 aliphatic rings. The monoisotopic (exact) mass is 382 g/mol. The van der Waals surface area contributed by atoms with E-state index in [0.29, 0.717) is 5.56 Å². The predicted molar refractivity (Wildman–Crippen MR) is 110 cm³/mol. The summed E-state index contributed by atoms with van der Waals surface area (Å²) < 4.78 is 0. The third kappa shape index (κ3) is 3.93. The van der Waals surface area contributed by atoms with Crippen LogP contribution in [0.4, 0.5) is 5.00 Å². The fourth-order valence-corrected chi connectivity index (χ4v) is 5.35. The Bertz CT molecular complexity index is 822. The molecule has 4 rings (SSSR count). The number of amides is 2. The van der Waals surface area contributed by atoms with E-state index in [1.54, 1.807) is 23.5 Å². The summed E-state index contributed by atoms with van der Waals surface area (Å²) in [6, 6.07) is 9.23.